The van der Waals surface area contributed by atoms with Crippen molar-refractivity contribution in [3.05, 3.63) is 53.6 Å². The average molecular weight is 326 g/mol. The summed E-state index contributed by atoms with van der Waals surface area (Å²) in [5.41, 5.74) is 3.50. The topological polar surface area (TPSA) is 50.8 Å². The number of amides is 1. The van der Waals surface area contributed by atoms with Gasteiger partial charge in [-0.25, -0.2) is 0 Å². The van der Waals surface area contributed by atoms with Gasteiger partial charge in [-0.15, -0.1) is 0 Å². The van der Waals surface area contributed by atoms with E-state index in [1.54, 1.807) is 7.11 Å². The molecule has 1 heterocycles. The van der Waals surface area contributed by atoms with E-state index in [4.69, 9.17) is 9.47 Å². The minimum absolute atomic E-state index is 0.127. The van der Waals surface area contributed by atoms with E-state index in [1.165, 1.54) is 0 Å². The van der Waals surface area contributed by atoms with Gasteiger partial charge in [-0.2, -0.15) is 0 Å². The molecule has 1 amide bonds. The van der Waals surface area contributed by atoms with Crippen molar-refractivity contribution in [1.82, 2.24) is 0 Å². The largest absolute Gasteiger partial charge is 0.497 e. The highest BCUT2D eigenvalue weighted by Crippen LogP contribution is 2.31. The zero-order valence-corrected chi connectivity index (χ0v) is 14.0. The van der Waals surface area contributed by atoms with Crippen LogP contribution in [0.4, 0.5) is 11.4 Å². The molecule has 24 heavy (non-hydrogen) atoms. The van der Waals surface area contributed by atoms with Crippen molar-refractivity contribution in [1.29, 1.82) is 0 Å². The van der Waals surface area contributed by atoms with Crippen molar-refractivity contribution in [2.24, 2.45) is 0 Å². The van der Waals surface area contributed by atoms with Crippen molar-refractivity contribution in [3.8, 4) is 5.75 Å². The van der Waals surface area contributed by atoms with Gasteiger partial charge in [0, 0.05) is 24.7 Å². The first-order chi connectivity index (χ1) is 11.7. The number of carbonyl (C=O) groups excluding carboxylic acids is 1. The number of nitrogens with zero attached hydrogens (tertiary/aromatic N) is 1. The van der Waals surface area contributed by atoms with Gasteiger partial charge in [-0.1, -0.05) is 17.7 Å². The molecule has 126 valence electrons. The van der Waals surface area contributed by atoms with Gasteiger partial charge in [0.1, 0.15) is 5.75 Å². The van der Waals surface area contributed by atoms with Crippen LogP contribution < -0.4 is 15.0 Å². The molecule has 1 aliphatic heterocycles. The molecule has 0 aromatic heterocycles. The summed E-state index contributed by atoms with van der Waals surface area (Å²) in [7, 11) is 1.62. The lowest BCUT2D eigenvalue weighted by Gasteiger charge is -2.30. The molecule has 0 bridgehead atoms. The molecule has 2 aromatic carbocycles. The molecule has 0 atom stereocenters. The Labute approximate surface area is 142 Å². The summed E-state index contributed by atoms with van der Waals surface area (Å²) in [5.74, 6) is 0.587. The zero-order chi connectivity index (χ0) is 16.9. The second-order valence-corrected chi connectivity index (χ2v) is 5.80. The first kappa shape index (κ1) is 16.3. The number of anilines is 2. The summed E-state index contributed by atoms with van der Waals surface area (Å²) in [4.78, 5) is 14.8. The summed E-state index contributed by atoms with van der Waals surface area (Å²) in [6.45, 7) is 4.99. The van der Waals surface area contributed by atoms with E-state index in [0.29, 0.717) is 24.5 Å². The fraction of sp³-hybridized carbons (Fsp3) is 0.316. The van der Waals surface area contributed by atoms with Gasteiger partial charge in [0.25, 0.3) is 5.91 Å². The molecular formula is C19H22N2O3. The smallest absolute Gasteiger partial charge is 0.255 e. The molecule has 1 saturated heterocycles. The Hall–Kier alpha value is -2.53. The highest BCUT2D eigenvalue weighted by Gasteiger charge is 2.17. The molecule has 0 radical (unpaired) electrons. The Morgan fingerprint density at radius 1 is 1.12 bits per heavy atom. The minimum Gasteiger partial charge on any atom is -0.497 e. The first-order valence-corrected chi connectivity index (χ1v) is 8.06. The quantitative estimate of drug-likeness (QED) is 0.938. The van der Waals surface area contributed by atoms with E-state index in [2.05, 4.69) is 10.2 Å². The van der Waals surface area contributed by atoms with Crippen LogP contribution in [0.15, 0.2) is 42.5 Å². The van der Waals surface area contributed by atoms with Crippen LogP contribution in [0.25, 0.3) is 0 Å². The molecule has 0 unspecified atom stereocenters. The summed E-state index contributed by atoms with van der Waals surface area (Å²) in [6, 6.07) is 13.3. The number of ether oxygens (including phenoxy) is 2. The second kappa shape index (κ2) is 7.36. The van der Waals surface area contributed by atoms with Crippen molar-refractivity contribution in [2.45, 2.75) is 6.92 Å². The summed E-state index contributed by atoms with van der Waals surface area (Å²) >= 11 is 0. The first-order valence-electron chi connectivity index (χ1n) is 8.06. The van der Waals surface area contributed by atoms with Crippen LogP contribution in [-0.4, -0.2) is 39.3 Å². The molecule has 0 aliphatic carbocycles. The lowest BCUT2D eigenvalue weighted by molar-refractivity contribution is 0.102. The van der Waals surface area contributed by atoms with E-state index in [9.17, 15) is 4.79 Å². The van der Waals surface area contributed by atoms with Crippen LogP contribution in [0.2, 0.25) is 0 Å². The van der Waals surface area contributed by atoms with Crippen LogP contribution in [0, 0.1) is 6.92 Å². The maximum atomic E-state index is 12.6. The van der Waals surface area contributed by atoms with Gasteiger partial charge in [-0.3, -0.25) is 4.79 Å². The van der Waals surface area contributed by atoms with Crippen LogP contribution in [0.1, 0.15) is 15.9 Å². The van der Waals surface area contributed by atoms with Gasteiger partial charge >= 0.3 is 0 Å². The number of benzene rings is 2. The fourth-order valence-corrected chi connectivity index (χ4v) is 2.72. The molecule has 1 N–H and O–H groups in total. The number of carbonyl (C=O) groups is 1. The normalized spacial score (nSPS) is 14.3. The monoisotopic (exact) mass is 326 g/mol. The molecule has 5 heteroatoms. The highest BCUT2D eigenvalue weighted by molar-refractivity contribution is 6.06. The van der Waals surface area contributed by atoms with E-state index < -0.39 is 0 Å². The number of hydrogen-bond acceptors (Lipinski definition) is 4. The number of morpholine rings is 1. The highest BCUT2D eigenvalue weighted by atomic mass is 16.5. The predicted octanol–water partition coefficient (Wildman–Crippen LogP) is 3.09. The number of rotatable bonds is 4. The molecule has 1 fully saturated rings. The SMILES string of the molecule is COc1ccc(N2CCOCC2)c(NC(=O)c2ccc(C)cc2)c1. The second-order valence-electron chi connectivity index (χ2n) is 5.80. The molecule has 2 aromatic rings. The lowest BCUT2D eigenvalue weighted by Crippen LogP contribution is -2.36. The van der Waals surface area contributed by atoms with E-state index >= 15 is 0 Å². The third-order valence-electron chi connectivity index (χ3n) is 4.12. The van der Waals surface area contributed by atoms with E-state index in [-0.39, 0.29) is 5.91 Å². The number of nitrogens with one attached hydrogen (secondary N) is 1. The van der Waals surface area contributed by atoms with E-state index in [1.807, 2.05) is 49.4 Å². The Morgan fingerprint density at radius 3 is 2.50 bits per heavy atom. The van der Waals surface area contributed by atoms with Gasteiger partial charge in [0.2, 0.25) is 0 Å². The van der Waals surface area contributed by atoms with Crippen molar-refractivity contribution in [2.75, 3.05) is 43.6 Å². The standard InChI is InChI=1S/C19H22N2O3/c1-14-3-5-15(6-4-14)19(22)20-17-13-16(23-2)7-8-18(17)21-9-11-24-12-10-21/h3-8,13H,9-12H2,1-2H3,(H,20,22). The van der Waals surface area contributed by atoms with Gasteiger partial charge in [0.15, 0.2) is 0 Å². The van der Waals surface area contributed by atoms with Crippen LogP contribution in [0.3, 0.4) is 0 Å². The zero-order valence-electron chi connectivity index (χ0n) is 14.0. The predicted molar refractivity (Wildman–Crippen MR) is 95.2 cm³/mol. The van der Waals surface area contributed by atoms with Crippen molar-refractivity contribution >= 4 is 17.3 Å². The van der Waals surface area contributed by atoms with Gasteiger partial charge < -0.3 is 19.7 Å². The molecule has 1 aliphatic rings. The Kier molecular flexibility index (Phi) is 5.01. The number of hydrogen-bond donors (Lipinski definition) is 1. The molecule has 0 spiro atoms. The van der Waals surface area contributed by atoms with Gasteiger partial charge in [0.05, 0.1) is 31.7 Å². The van der Waals surface area contributed by atoms with Crippen LogP contribution >= 0.6 is 0 Å². The third-order valence-corrected chi connectivity index (χ3v) is 4.12. The van der Waals surface area contributed by atoms with Crippen LogP contribution in [0.5, 0.6) is 5.75 Å². The summed E-state index contributed by atoms with van der Waals surface area (Å²) in [5, 5.41) is 3.02. The number of aryl methyl sites for hydroxylation is 1. The van der Waals surface area contributed by atoms with E-state index in [0.717, 1.165) is 30.0 Å². The average Bonchev–Trinajstić information content (AvgIpc) is 2.63. The molecule has 3 rings (SSSR count). The third kappa shape index (κ3) is 3.68. The maximum absolute atomic E-state index is 12.6. The summed E-state index contributed by atoms with van der Waals surface area (Å²) < 4.78 is 10.7. The van der Waals surface area contributed by atoms with Crippen LogP contribution in [-0.2, 0) is 4.74 Å². The Balaban J connectivity index is 1.86. The van der Waals surface area contributed by atoms with Crippen molar-refractivity contribution in [3.63, 3.8) is 0 Å². The fourth-order valence-electron chi connectivity index (χ4n) is 2.72. The summed E-state index contributed by atoms with van der Waals surface area (Å²) in [6.07, 6.45) is 0. The van der Waals surface area contributed by atoms with Crippen molar-refractivity contribution < 1.29 is 14.3 Å². The molecule has 5 nitrogen and oxygen atoms in total. The molecular weight excluding hydrogens is 304 g/mol. The lowest BCUT2D eigenvalue weighted by atomic mass is 10.1. The number of methoxy groups -OCH3 is 1. The van der Waals surface area contributed by atoms with Gasteiger partial charge in [-0.05, 0) is 31.2 Å². The maximum Gasteiger partial charge on any atom is 0.255 e. The Bertz CT molecular complexity index is 707. The minimum atomic E-state index is -0.127. The molecule has 0 saturated carbocycles. The Morgan fingerprint density at radius 2 is 1.83 bits per heavy atom.